The summed E-state index contributed by atoms with van der Waals surface area (Å²) in [4.78, 5) is 10.3. The Kier molecular flexibility index (Phi) is 8.20. The normalized spacial score (nSPS) is 12.3. The van der Waals surface area contributed by atoms with Gasteiger partial charge in [-0.1, -0.05) is 0 Å². The van der Waals surface area contributed by atoms with Crippen LogP contribution in [0.2, 0.25) is 0 Å². The van der Waals surface area contributed by atoms with Gasteiger partial charge in [0.1, 0.15) is 23.4 Å². The maximum absolute atomic E-state index is 12.5. The number of carboxylic acids is 1. The maximum Gasteiger partial charge on any atom is 1.00 e. The van der Waals surface area contributed by atoms with Crippen molar-refractivity contribution in [3.05, 3.63) is 66.2 Å². The zero-order chi connectivity index (χ0) is 18.4. The van der Waals surface area contributed by atoms with Crippen LogP contribution < -0.4 is 44.1 Å². The number of hydrogen-bond acceptors (Lipinski definition) is 4. The SMILES string of the molecule is CC(C=CC(=O)[O-])Oc1ccc(Oc2ccc(C(F)(F)F)cc2)cc1.[Na+]. The number of aliphatic carboxylic acids is 1. The Morgan fingerprint density at radius 2 is 1.46 bits per heavy atom. The molecule has 0 amide bonds. The Balaban J connectivity index is 0.00000338. The molecule has 132 valence electrons. The van der Waals surface area contributed by atoms with Crippen LogP contribution in [0.3, 0.4) is 0 Å². The van der Waals surface area contributed by atoms with Gasteiger partial charge in [-0.3, -0.25) is 0 Å². The fourth-order valence-corrected chi connectivity index (χ4v) is 1.90. The van der Waals surface area contributed by atoms with Gasteiger partial charge in [0, 0.05) is 0 Å². The Bertz CT molecular complexity index is 741. The van der Waals surface area contributed by atoms with Crippen molar-refractivity contribution in [2.75, 3.05) is 0 Å². The van der Waals surface area contributed by atoms with Gasteiger partial charge in [0.25, 0.3) is 0 Å². The van der Waals surface area contributed by atoms with Gasteiger partial charge in [-0.05, 0) is 67.6 Å². The van der Waals surface area contributed by atoms with E-state index < -0.39 is 23.8 Å². The number of ether oxygens (including phenoxy) is 2. The van der Waals surface area contributed by atoms with E-state index >= 15 is 0 Å². The topological polar surface area (TPSA) is 58.6 Å². The monoisotopic (exact) mass is 374 g/mol. The van der Waals surface area contributed by atoms with E-state index in [4.69, 9.17) is 9.47 Å². The van der Waals surface area contributed by atoms with Gasteiger partial charge < -0.3 is 19.4 Å². The van der Waals surface area contributed by atoms with Gasteiger partial charge in [-0.25, -0.2) is 0 Å². The van der Waals surface area contributed by atoms with E-state index in [9.17, 15) is 23.1 Å². The first-order valence-electron chi connectivity index (χ1n) is 7.25. The number of alkyl halides is 3. The smallest absolute Gasteiger partial charge is 0.545 e. The fourth-order valence-electron chi connectivity index (χ4n) is 1.90. The molecule has 0 aliphatic heterocycles. The molecule has 0 bridgehead atoms. The van der Waals surface area contributed by atoms with E-state index in [-0.39, 0.29) is 35.3 Å². The quantitative estimate of drug-likeness (QED) is 0.548. The van der Waals surface area contributed by atoms with Crippen LogP contribution in [-0.2, 0) is 11.0 Å². The molecule has 0 fully saturated rings. The van der Waals surface area contributed by atoms with Crippen LogP contribution in [0.4, 0.5) is 13.2 Å². The molecule has 4 nitrogen and oxygen atoms in total. The molecule has 0 aliphatic carbocycles. The van der Waals surface area contributed by atoms with Crippen LogP contribution in [0.5, 0.6) is 17.2 Å². The second-order valence-electron chi connectivity index (χ2n) is 5.10. The molecule has 0 saturated heterocycles. The summed E-state index contributed by atoms with van der Waals surface area (Å²) >= 11 is 0. The zero-order valence-corrected chi connectivity index (χ0v) is 16.1. The summed E-state index contributed by atoms with van der Waals surface area (Å²) in [7, 11) is 0. The minimum atomic E-state index is -4.39. The molecular formula is C18H14F3NaO4. The van der Waals surface area contributed by atoms with Crippen molar-refractivity contribution in [2.24, 2.45) is 0 Å². The Labute approximate surface area is 170 Å². The minimum absolute atomic E-state index is 0. The Hall–Kier alpha value is -1.96. The van der Waals surface area contributed by atoms with Gasteiger partial charge in [-0.2, -0.15) is 13.2 Å². The maximum atomic E-state index is 12.5. The molecule has 0 spiro atoms. The van der Waals surface area contributed by atoms with Gasteiger partial charge in [0.15, 0.2) is 0 Å². The van der Waals surface area contributed by atoms with Crippen molar-refractivity contribution in [1.82, 2.24) is 0 Å². The van der Waals surface area contributed by atoms with E-state index in [1.54, 1.807) is 31.2 Å². The van der Waals surface area contributed by atoms with Gasteiger partial charge in [0.05, 0.1) is 11.5 Å². The molecule has 8 heteroatoms. The molecule has 1 unspecified atom stereocenters. The van der Waals surface area contributed by atoms with E-state index in [2.05, 4.69) is 0 Å². The van der Waals surface area contributed by atoms with Crippen molar-refractivity contribution >= 4 is 5.97 Å². The van der Waals surface area contributed by atoms with Crippen LogP contribution in [0, 0.1) is 0 Å². The average molecular weight is 374 g/mol. The molecule has 0 N–H and O–H groups in total. The second kappa shape index (κ2) is 9.66. The first-order chi connectivity index (χ1) is 11.7. The number of rotatable bonds is 6. The molecular weight excluding hydrogens is 360 g/mol. The molecule has 0 aromatic heterocycles. The summed E-state index contributed by atoms with van der Waals surface area (Å²) in [6, 6.07) is 10.7. The van der Waals surface area contributed by atoms with Crippen LogP contribution in [0.15, 0.2) is 60.7 Å². The van der Waals surface area contributed by atoms with Crippen molar-refractivity contribution < 1.29 is 62.1 Å². The summed E-state index contributed by atoms with van der Waals surface area (Å²) < 4.78 is 48.4. The molecule has 0 heterocycles. The predicted octanol–water partition coefficient (Wildman–Crippen LogP) is 0.575. The number of carboxylic acid groups (broad SMARTS) is 1. The Morgan fingerprint density at radius 1 is 1.00 bits per heavy atom. The molecule has 2 rings (SSSR count). The van der Waals surface area contributed by atoms with Gasteiger partial charge >= 0.3 is 35.7 Å². The molecule has 26 heavy (non-hydrogen) atoms. The molecule has 2 aromatic rings. The fraction of sp³-hybridized carbons (Fsp3) is 0.167. The summed E-state index contributed by atoms with van der Waals surface area (Å²) in [5.41, 5.74) is -0.748. The zero-order valence-electron chi connectivity index (χ0n) is 14.1. The van der Waals surface area contributed by atoms with Gasteiger partial charge in [0.2, 0.25) is 0 Å². The van der Waals surface area contributed by atoms with Crippen molar-refractivity contribution in [3.8, 4) is 17.2 Å². The van der Waals surface area contributed by atoms with Crippen molar-refractivity contribution in [1.29, 1.82) is 0 Å². The third kappa shape index (κ3) is 7.11. The summed E-state index contributed by atoms with van der Waals surface area (Å²) in [5.74, 6) is -0.136. The molecule has 0 radical (unpaired) electrons. The number of carbonyl (C=O) groups excluding carboxylic acids is 1. The molecule has 0 saturated carbocycles. The third-order valence-corrected chi connectivity index (χ3v) is 3.07. The third-order valence-electron chi connectivity index (χ3n) is 3.07. The average Bonchev–Trinajstić information content (AvgIpc) is 2.54. The standard InChI is InChI=1S/C18H15F3O4.Na/c1-12(2-11-17(22)23)24-14-7-9-16(10-8-14)25-15-5-3-13(4-6-15)18(19,20)21;/h2-12H,1H3,(H,22,23);/q;+1/p-1. The number of hydrogen-bond donors (Lipinski definition) is 0. The van der Waals surface area contributed by atoms with Crippen molar-refractivity contribution in [3.63, 3.8) is 0 Å². The number of carbonyl (C=O) groups is 1. The molecule has 1 atom stereocenters. The summed E-state index contributed by atoms with van der Waals surface area (Å²) in [5, 5.41) is 10.3. The van der Waals surface area contributed by atoms with Crippen LogP contribution >= 0.6 is 0 Å². The first-order valence-corrected chi connectivity index (χ1v) is 7.25. The number of halogens is 3. The summed E-state index contributed by atoms with van der Waals surface area (Å²) in [6.07, 6.45) is -2.65. The van der Waals surface area contributed by atoms with E-state index in [0.29, 0.717) is 11.5 Å². The van der Waals surface area contributed by atoms with Crippen LogP contribution in [-0.4, -0.2) is 12.1 Å². The van der Waals surface area contributed by atoms with Crippen LogP contribution in [0.25, 0.3) is 0 Å². The van der Waals surface area contributed by atoms with E-state index in [0.717, 1.165) is 18.2 Å². The van der Waals surface area contributed by atoms with Crippen molar-refractivity contribution in [2.45, 2.75) is 19.2 Å². The largest absolute Gasteiger partial charge is 1.00 e. The summed E-state index contributed by atoms with van der Waals surface area (Å²) in [6.45, 7) is 1.66. The van der Waals surface area contributed by atoms with Crippen LogP contribution in [0.1, 0.15) is 12.5 Å². The Morgan fingerprint density at radius 3 is 1.92 bits per heavy atom. The van der Waals surface area contributed by atoms with Gasteiger partial charge in [-0.15, -0.1) is 0 Å². The molecule has 0 aliphatic rings. The predicted molar refractivity (Wildman–Crippen MR) is 82.2 cm³/mol. The van der Waals surface area contributed by atoms with E-state index in [1.807, 2.05) is 0 Å². The second-order valence-corrected chi connectivity index (χ2v) is 5.10. The minimum Gasteiger partial charge on any atom is -0.545 e. The molecule has 2 aromatic carbocycles. The van der Waals surface area contributed by atoms with E-state index in [1.165, 1.54) is 18.2 Å². The number of benzene rings is 2. The first kappa shape index (κ1) is 22.1.